The quantitative estimate of drug-likeness (QED) is 0.677. The summed E-state index contributed by atoms with van der Waals surface area (Å²) < 4.78 is 1.85. The fourth-order valence-corrected chi connectivity index (χ4v) is 3.60. The fraction of sp³-hybridized carbons (Fsp3) is 0.286. The average molecular weight is 425 g/mol. The number of rotatable bonds is 5. The van der Waals surface area contributed by atoms with Crippen LogP contribution in [0.4, 0.5) is 11.5 Å². The van der Waals surface area contributed by atoms with E-state index in [4.69, 9.17) is 11.6 Å². The first-order valence-corrected chi connectivity index (χ1v) is 10.1. The molecule has 1 N–H and O–H groups in total. The smallest absolute Gasteiger partial charge is 0.228 e. The number of nitrogens with zero attached hydrogens (tertiary/aromatic N) is 5. The van der Waals surface area contributed by atoms with Crippen molar-refractivity contribution in [2.75, 3.05) is 16.8 Å². The third-order valence-electron chi connectivity index (χ3n) is 4.82. The zero-order valence-electron chi connectivity index (χ0n) is 16.5. The molecule has 0 spiro atoms. The maximum absolute atomic E-state index is 12.6. The van der Waals surface area contributed by atoms with E-state index in [9.17, 15) is 9.59 Å². The summed E-state index contributed by atoms with van der Waals surface area (Å²) in [5, 5.41) is 7.71. The average Bonchev–Trinajstić information content (AvgIpc) is 3.12. The monoisotopic (exact) mass is 424 g/mol. The van der Waals surface area contributed by atoms with E-state index in [1.54, 1.807) is 41.7 Å². The Morgan fingerprint density at radius 1 is 1.13 bits per heavy atom. The highest BCUT2D eigenvalue weighted by atomic mass is 35.5. The summed E-state index contributed by atoms with van der Waals surface area (Å²) in [7, 11) is 0. The predicted octanol–water partition coefficient (Wildman–Crippen LogP) is 3.46. The van der Waals surface area contributed by atoms with Gasteiger partial charge in [0.1, 0.15) is 5.82 Å². The van der Waals surface area contributed by atoms with Crippen LogP contribution in [0, 0.1) is 6.92 Å². The van der Waals surface area contributed by atoms with Gasteiger partial charge in [0.25, 0.3) is 0 Å². The van der Waals surface area contributed by atoms with Gasteiger partial charge < -0.3 is 5.32 Å². The molecule has 0 fully saturated rings. The van der Waals surface area contributed by atoms with Crippen molar-refractivity contribution in [2.24, 2.45) is 0 Å². The number of hydrogen-bond donors (Lipinski definition) is 1. The van der Waals surface area contributed by atoms with Gasteiger partial charge in [-0.25, -0.2) is 4.68 Å². The summed E-state index contributed by atoms with van der Waals surface area (Å²) in [6.07, 6.45) is 5.89. The number of halogens is 1. The molecule has 154 valence electrons. The van der Waals surface area contributed by atoms with E-state index in [1.165, 1.54) is 0 Å². The van der Waals surface area contributed by atoms with E-state index in [1.807, 2.05) is 17.7 Å². The molecule has 0 radical (unpaired) electrons. The Balaban J connectivity index is 1.32. The Hall–Kier alpha value is -3.26. The molecule has 3 aromatic heterocycles. The van der Waals surface area contributed by atoms with Crippen LogP contribution >= 0.6 is 11.6 Å². The number of fused-ring (bicyclic) bond motifs is 1. The van der Waals surface area contributed by atoms with Crippen LogP contribution in [0.25, 0.3) is 11.3 Å². The first kappa shape index (κ1) is 20.0. The highest BCUT2D eigenvalue weighted by Crippen LogP contribution is 2.23. The minimum Gasteiger partial charge on any atom is -0.325 e. The maximum atomic E-state index is 12.6. The van der Waals surface area contributed by atoms with Crippen molar-refractivity contribution in [3.05, 3.63) is 53.6 Å². The molecule has 3 aromatic rings. The van der Waals surface area contributed by atoms with Crippen LogP contribution in [-0.4, -0.2) is 38.1 Å². The number of carbonyl (C=O) groups excluding carboxylic acids is 2. The lowest BCUT2D eigenvalue weighted by Crippen LogP contribution is -2.37. The van der Waals surface area contributed by atoms with Gasteiger partial charge in [0.05, 0.1) is 28.3 Å². The molecule has 0 bridgehead atoms. The first-order valence-electron chi connectivity index (χ1n) is 9.71. The Morgan fingerprint density at radius 3 is 2.77 bits per heavy atom. The van der Waals surface area contributed by atoms with Crippen LogP contribution in [0.5, 0.6) is 0 Å². The molecule has 1 aliphatic heterocycles. The number of carbonyl (C=O) groups is 2. The third kappa shape index (κ3) is 4.49. The summed E-state index contributed by atoms with van der Waals surface area (Å²) in [6, 6.07) is 7.22. The normalized spacial score (nSPS) is 13.1. The predicted molar refractivity (Wildman–Crippen MR) is 114 cm³/mol. The number of pyridine rings is 2. The summed E-state index contributed by atoms with van der Waals surface area (Å²) in [5.41, 5.74) is 2.95. The SMILES string of the molecule is Cc1cc2n(n1)CCCN2C(=O)CCC(=O)Nc1ccc(-c2cncc(Cl)c2)nc1. The largest absolute Gasteiger partial charge is 0.325 e. The molecule has 2 amide bonds. The Kier molecular flexibility index (Phi) is 5.76. The van der Waals surface area contributed by atoms with Crippen molar-refractivity contribution in [1.29, 1.82) is 0 Å². The van der Waals surface area contributed by atoms with Gasteiger partial charge in [0.2, 0.25) is 11.8 Å². The van der Waals surface area contributed by atoms with Crippen molar-refractivity contribution in [2.45, 2.75) is 32.7 Å². The summed E-state index contributed by atoms with van der Waals surface area (Å²) in [6.45, 7) is 3.36. The van der Waals surface area contributed by atoms with Crippen molar-refractivity contribution in [3.8, 4) is 11.3 Å². The van der Waals surface area contributed by atoms with Crippen LogP contribution in [-0.2, 0) is 16.1 Å². The second-order valence-corrected chi connectivity index (χ2v) is 7.57. The van der Waals surface area contributed by atoms with Gasteiger partial charge in [0.15, 0.2) is 0 Å². The molecule has 0 saturated carbocycles. The van der Waals surface area contributed by atoms with Gasteiger partial charge in [-0.05, 0) is 31.5 Å². The van der Waals surface area contributed by atoms with Gasteiger partial charge in [-0.2, -0.15) is 5.10 Å². The van der Waals surface area contributed by atoms with Gasteiger partial charge in [-0.15, -0.1) is 0 Å². The van der Waals surface area contributed by atoms with Crippen LogP contribution in [0.1, 0.15) is 25.0 Å². The molecular weight excluding hydrogens is 404 g/mol. The standard InChI is InChI=1S/C21H21ClN6O2/c1-14-9-20-27(7-2-8-28(20)26-14)21(30)6-5-19(29)25-17-3-4-18(24-13-17)15-10-16(22)12-23-11-15/h3-4,9-13H,2,5-8H2,1H3,(H,25,29). The zero-order valence-corrected chi connectivity index (χ0v) is 17.3. The molecular formula is C21H21ClN6O2. The number of anilines is 2. The minimum atomic E-state index is -0.232. The van der Waals surface area contributed by atoms with E-state index < -0.39 is 0 Å². The first-order chi connectivity index (χ1) is 14.5. The molecule has 0 unspecified atom stereocenters. The molecule has 0 aromatic carbocycles. The van der Waals surface area contributed by atoms with E-state index in [0.29, 0.717) is 22.9 Å². The van der Waals surface area contributed by atoms with E-state index >= 15 is 0 Å². The van der Waals surface area contributed by atoms with Gasteiger partial charge in [-0.3, -0.25) is 24.5 Å². The molecule has 30 heavy (non-hydrogen) atoms. The van der Waals surface area contributed by atoms with Crippen LogP contribution in [0.15, 0.2) is 42.9 Å². The summed E-state index contributed by atoms with van der Waals surface area (Å²) in [5.74, 6) is 0.497. The highest BCUT2D eigenvalue weighted by Gasteiger charge is 2.24. The fourth-order valence-electron chi connectivity index (χ4n) is 3.43. The van der Waals surface area contributed by atoms with Gasteiger partial charge in [0, 0.05) is 50.0 Å². The number of nitrogens with one attached hydrogen (secondary N) is 1. The van der Waals surface area contributed by atoms with Crippen molar-refractivity contribution < 1.29 is 9.59 Å². The van der Waals surface area contributed by atoms with E-state index in [0.717, 1.165) is 30.0 Å². The molecule has 4 heterocycles. The van der Waals surface area contributed by atoms with Crippen molar-refractivity contribution >= 4 is 34.9 Å². The molecule has 9 heteroatoms. The lowest BCUT2D eigenvalue weighted by molar-refractivity contribution is -0.122. The highest BCUT2D eigenvalue weighted by molar-refractivity contribution is 6.30. The molecule has 0 aliphatic carbocycles. The number of aryl methyl sites for hydroxylation is 2. The van der Waals surface area contributed by atoms with Crippen LogP contribution in [0.2, 0.25) is 5.02 Å². The second kappa shape index (κ2) is 8.62. The van der Waals surface area contributed by atoms with Crippen LogP contribution in [0.3, 0.4) is 0 Å². The Bertz CT molecular complexity index is 1080. The molecule has 1 aliphatic rings. The zero-order chi connectivity index (χ0) is 21.1. The van der Waals surface area contributed by atoms with E-state index in [2.05, 4.69) is 20.4 Å². The second-order valence-electron chi connectivity index (χ2n) is 7.14. The molecule has 0 atom stereocenters. The Morgan fingerprint density at radius 2 is 2.00 bits per heavy atom. The van der Waals surface area contributed by atoms with Gasteiger partial charge in [-0.1, -0.05) is 11.6 Å². The summed E-state index contributed by atoms with van der Waals surface area (Å²) >= 11 is 5.96. The lowest BCUT2D eigenvalue weighted by atomic mass is 10.2. The van der Waals surface area contributed by atoms with E-state index in [-0.39, 0.29) is 24.7 Å². The third-order valence-corrected chi connectivity index (χ3v) is 5.03. The molecule has 0 saturated heterocycles. The van der Waals surface area contributed by atoms with Crippen LogP contribution < -0.4 is 10.2 Å². The number of aromatic nitrogens is 4. The summed E-state index contributed by atoms with van der Waals surface area (Å²) in [4.78, 5) is 35.0. The minimum absolute atomic E-state index is 0.0760. The number of hydrogen-bond acceptors (Lipinski definition) is 5. The number of amides is 2. The molecule has 4 rings (SSSR count). The van der Waals surface area contributed by atoms with Crippen molar-refractivity contribution in [1.82, 2.24) is 19.7 Å². The molecule has 8 nitrogen and oxygen atoms in total. The topological polar surface area (TPSA) is 93.0 Å². The Labute approximate surface area is 178 Å². The maximum Gasteiger partial charge on any atom is 0.228 e. The van der Waals surface area contributed by atoms with Gasteiger partial charge >= 0.3 is 0 Å². The van der Waals surface area contributed by atoms with Crippen molar-refractivity contribution in [3.63, 3.8) is 0 Å². The lowest BCUT2D eigenvalue weighted by Gasteiger charge is -2.27.